The number of nitrogens with two attached hydrogens (primary N) is 1. The molecule has 19 heavy (non-hydrogen) atoms. The third-order valence-electron chi connectivity index (χ3n) is 3.93. The maximum Gasteiger partial charge on any atom is 0.179 e. The average molecular weight is 306 g/mol. The van der Waals surface area contributed by atoms with E-state index >= 15 is 0 Å². The van der Waals surface area contributed by atoms with Gasteiger partial charge < -0.3 is 5.73 Å². The van der Waals surface area contributed by atoms with Gasteiger partial charge in [-0.05, 0) is 30.5 Å². The van der Waals surface area contributed by atoms with Crippen LogP contribution in [0, 0.1) is 5.82 Å². The molecule has 0 atom stereocenters. The summed E-state index contributed by atoms with van der Waals surface area (Å²) in [6.07, 6.45) is 4.81. The first kappa shape index (κ1) is 14.8. The molecule has 2 N–H and O–H groups in total. The lowest BCUT2D eigenvalue weighted by Gasteiger charge is -2.28. The maximum absolute atomic E-state index is 14.1. The fraction of sp³-hybridized carbons (Fsp3) is 0.538. The predicted octanol–water partition coefficient (Wildman–Crippen LogP) is 2.65. The fourth-order valence-electron chi connectivity index (χ4n) is 2.88. The number of hydrogen-bond acceptors (Lipinski definition) is 3. The lowest BCUT2D eigenvalue weighted by molar-refractivity contribution is 0.448. The molecule has 1 aliphatic rings. The van der Waals surface area contributed by atoms with Crippen LogP contribution in [-0.4, -0.2) is 21.2 Å². The Morgan fingerprint density at radius 1 is 1.37 bits per heavy atom. The van der Waals surface area contributed by atoms with Crippen molar-refractivity contribution in [1.82, 2.24) is 0 Å². The van der Waals surface area contributed by atoms with Crippen molar-refractivity contribution < 1.29 is 12.8 Å². The van der Waals surface area contributed by atoms with Crippen molar-refractivity contribution in [2.24, 2.45) is 5.73 Å². The number of benzene rings is 1. The molecule has 0 heterocycles. The molecular weight excluding hydrogens is 289 g/mol. The largest absolute Gasteiger partial charge is 0.330 e. The van der Waals surface area contributed by atoms with Crippen molar-refractivity contribution in [2.45, 2.75) is 36.0 Å². The molecule has 0 amide bonds. The highest BCUT2D eigenvalue weighted by atomic mass is 35.5. The second-order valence-electron chi connectivity index (χ2n) is 5.23. The Labute approximate surface area is 117 Å². The van der Waals surface area contributed by atoms with Crippen LogP contribution in [0.25, 0.3) is 0 Å². The summed E-state index contributed by atoms with van der Waals surface area (Å²) in [5, 5.41) is -0.0581. The van der Waals surface area contributed by atoms with Crippen molar-refractivity contribution in [3.63, 3.8) is 0 Å². The first-order chi connectivity index (χ1) is 8.80. The molecule has 0 radical (unpaired) electrons. The average Bonchev–Trinajstić information content (AvgIpc) is 2.75. The van der Waals surface area contributed by atoms with Gasteiger partial charge in [0.2, 0.25) is 0 Å². The zero-order chi connectivity index (χ0) is 14.3. The molecule has 3 nitrogen and oxygen atoms in total. The van der Waals surface area contributed by atoms with Gasteiger partial charge in [-0.1, -0.05) is 24.4 Å². The van der Waals surface area contributed by atoms with Gasteiger partial charge in [-0.15, -0.1) is 0 Å². The van der Waals surface area contributed by atoms with Crippen LogP contribution in [0.15, 0.2) is 17.0 Å². The van der Waals surface area contributed by atoms with E-state index in [0.29, 0.717) is 12.1 Å². The summed E-state index contributed by atoms with van der Waals surface area (Å²) in [5.74, 6) is -0.787. The Balaban J connectivity index is 2.57. The van der Waals surface area contributed by atoms with Crippen molar-refractivity contribution in [1.29, 1.82) is 0 Å². The summed E-state index contributed by atoms with van der Waals surface area (Å²) in [6, 6.07) is 2.83. The molecule has 0 spiro atoms. The minimum atomic E-state index is -3.67. The molecule has 0 aliphatic heterocycles. The van der Waals surface area contributed by atoms with Crippen LogP contribution < -0.4 is 5.73 Å². The number of hydrogen-bond donors (Lipinski definition) is 1. The van der Waals surface area contributed by atoms with E-state index < -0.39 is 20.5 Å². The SMILES string of the molecule is CS(=O)(=O)c1c(F)cc(C2(CN)CCCC2)cc1Cl. The lowest BCUT2D eigenvalue weighted by atomic mass is 9.79. The van der Waals surface area contributed by atoms with Gasteiger partial charge in [-0.25, -0.2) is 12.8 Å². The van der Waals surface area contributed by atoms with Crippen molar-refractivity contribution >= 4 is 21.4 Å². The zero-order valence-corrected chi connectivity index (χ0v) is 12.3. The van der Waals surface area contributed by atoms with Crippen LogP contribution in [-0.2, 0) is 15.3 Å². The molecule has 1 saturated carbocycles. The first-order valence-corrected chi connectivity index (χ1v) is 8.47. The van der Waals surface area contributed by atoms with Gasteiger partial charge in [0, 0.05) is 18.2 Å². The predicted molar refractivity (Wildman–Crippen MR) is 73.7 cm³/mol. The summed E-state index contributed by atoms with van der Waals surface area (Å²) in [7, 11) is -3.67. The Kier molecular flexibility index (Phi) is 3.91. The van der Waals surface area contributed by atoms with Crippen LogP contribution in [0.5, 0.6) is 0 Å². The second-order valence-corrected chi connectivity index (χ2v) is 7.59. The van der Waals surface area contributed by atoms with E-state index in [9.17, 15) is 12.8 Å². The van der Waals surface area contributed by atoms with Gasteiger partial charge >= 0.3 is 0 Å². The van der Waals surface area contributed by atoms with E-state index in [4.69, 9.17) is 17.3 Å². The Morgan fingerprint density at radius 3 is 2.37 bits per heavy atom. The van der Waals surface area contributed by atoms with Crippen molar-refractivity contribution in [3.05, 3.63) is 28.5 Å². The van der Waals surface area contributed by atoms with Gasteiger partial charge in [0.15, 0.2) is 9.84 Å². The molecule has 1 aromatic rings. The van der Waals surface area contributed by atoms with Crippen LogP contribution in [0.1, 0.15) is 31.2 Å². The van der Waals surface area contributed by atoms with Gasteiger partial charge in [0.1, 0.15) is 10.7 Å². The minimum absolute atomic E-state index is 0.0581. The number of sulfone groups is 1. The van der Waals surface area contributed by atoms with Crippen LogP contribution in [0.2, 0.25) is 5.02 Å². The van der Waals surface area contributed by atoms with Crippen molar-refractivity contribution in [2.75, 3.05) is 12.8 Å². The second kappa shape index (κ2) is 5.04. The Morgan fingerprint density at radius 2 is 1.95 bits per heavy atom. The summed E-state index contributed by atoms with van der Waals surface area (Å²) in [4.78, 5) is -0.428. The highest BCUT2D eigenvalue weighted by Crippen LogP contribution is 2.42. The molecule has 0 aromatic heterocycles. The molecule has 1 aromatic carbocycles. The monoisotopic (exact) mass is 305 g/mol. The summed E-state index contributed by atoms with van der Waals surface area (Å²) < 4.78 is 37.1. The van der Waals surface area contributed by atoms with E-state index in [-0.39, 0.29) is 10.4 Å². The Hall–Kier alpha value is -0.650. The van der Waals surface area contributed by atoms with Crippen molar-refractivity contribution in [3.8, 4) is 0 Å². The maximum atomic E-state index is 14.1. The molecule has 0 saturated heterocycles. The topological polar surface area (TPSA) is 60.2 Å². The van der Waals surface area contributed by atoms with E-state index in [1.165, 1.54) is 6.07 Å². The molecular formula is C13H17ClFNO2S. The zero-order valence-electron chi connectivity index (χ0n) is 10.7. The fourth-order valence-corrected chi connectivity index (χ4v) is 4.34. The normalized spacial score (nSPS) is 18.7. The van der Waals surface area contributed by atoms with E-state index in [2.05, 4.69) is 0 Å². The van der Waals surface area contributed by atoms with Crippen LogP contribution in [0.4, 0.5) is 4.39 Å². The molecule has 106 valence electrons. The standard InChI is InChI=1S/C13H17ClFNO2S/c1-19(17,18)12-10(14)6-9(7-11(12)15)13(8-16)4-2-3-5-13/h6-7H,2-5,8,16H2,1H3. The first-order valence-electron chi connectivity index (χ1n) is 6.20. The molecule has 2 rings (SSSR count). The van der Waals surface area contributed by atoms with E-state index in [1.54, 1.807) is 6.07 Å². The highest BCUT2D eigenvalue weighted by Gasteiger charge is 2.35. The molecule has 1 aliphatic carbocycles. The minimum Gasteiger partial charge on any atom is -0.330 e. The quantitative estimate of drug-likeness (QED) is 0.934. The lowest BCUT2D eigenvalue weighted by Crippen LogP contribution is -2.32. The van der Waals surface area contributed by atoms with E-state index in [1.807, 2.05) is 0 Å². The number of halogens is 2. The van der Waals surface area contributed by atoms with Gasteiger partial charge in [0.25, 0.3) is 0 Å². The summed E-state index contributed by atoms with van der Waals surface area (Å²) in [6.45, 7) is 0.418. The molecule has 0 bridgehead atoms. The smallest absolute Gasteiger partial charge is 0.179 e. The summed E-state index contributed by atoms with van der Waals surface area (Å²) in [5.41, 5.74) is 6.29. The van der Waals surface area contributed by atoms with Gasteiger partial charge in [0.05, 0.1) is 5.02 Å². The molecule has 1 fully saturated rings. The van der Waals surface area contributed by atoms with Crippen LogP contribution in [0.3, 0.4) is 0 Å². The third-order valence-corrected chi connectivity index (χ3v) is 5.50. The molecule has 0 unspecified atom stereocenters. The summed E-state index contributed by atoms with van der Waals surface area (Å²) >= 11 is 5.96. The third kappa shape index (κ3) is 2.64. The van der Waals surface area contributed by atoms with E-state index in [0.717, 1.165) is 31.9 Å². The number of rotatable bonds is 3. The van der Waals surface area contributed by atoms with Gasteiger partial charge in [-0.3, -0.25) is 0 Å². The Bertz CT molecular complexity index is 572. The molecule has 6 heteroatoms. The van der Waals surface area contributed by atoms with Gasteiger partial charge in [-0.2, -0.15) is 0 Å². The highest BCUT2D eigenvalue weighted by molar-refractivity contribution is 7.90. The van der Waals surface area contributed by atoms with Crippen LogP contribution >= 0.6 is 11.6 Å².